The minimum atomic E-state index is 0.541. The molecule has 0 aromatic carbocycles. The standard InChI is InChI=1S/C19H31ClN4/c1-15(23(4)5)17-8-9-18(21-19(17)20)24-13-10-16(11-14-24)7-6-12-22(2)3/h8-9,16H,1,6-7,10-14H2,2-5H3. The molecule has 134 valence electrons. The summed E-state index contributed by atoms with van der Waals surface area (Å²) >= 11 is 6.38. The first-order chi connectivity index (χ1) is 11.4. The van der Waals surface area contributed by atoms with E-state index in [4.69, 9.17) is 11.6 Å². The van der Waals surface area contributed by atoms with Crippen LogP contribution in [-0.4, -0.2) is 62.6 Å². The van der Waals surface area contributed by atoms with Gasteiger partial charge >= 0.3 is 0 Å². The molecule has 1 aromatic heterocycles. The molecule has 1 fully saturated rings. The smallest absolute Gasteiger partial charge is 0.140 e. The molecule has 1 aliphatic heterocycles. The van der Waals surface area contributed by atoms with Crippen LogP contribution in [0.1, 0.15) is 31.2 Å². The molecular weight excluding hydrogens is 320 g/mol. The van der Waals surface area contributed by atoms with Crippen LogP contribution in [0.2, 0.25) is 5.15 Å². The third-order valence-electron chi connectivity index (χ3n) is 4.84. The highest BCUT2D eigenvalue weighted by Crippen LogP contribution is 2.29. The Hall–Kier alpha value is -1.26. The van der Waals surface area contributed by atoms with E-state index in [0.717, 1.165) is 36.1 Å². The maximum absolute atomic E-state index is 6.38. The molecule has 0 atom stereocenters. The van der Waals surface area contributed by atoms with Crippen molar-refractivity contribution in [3.05, 3.63) is 29.4 Å². The van der Waals surface area contributed by atoms with E-state index in [1.165, 1.54) is 32.2 Å². The Kier molecular flexibility index (Phi) is 6.93. The van der Waals surface area contributed by atoms with Crippen LogP contribution in [0.5, 0.6) is 0 Å². The SMILES string of the molecule is C=C(c1ccc(N2CCC(CCCN(C)C)CC2)nc1Cl)N(C)C. The first-order valence-electron chi connectivity index (χ1n) is 8.81. The van der Waals surface area contributed by atoms with Crippen molar-refractivity contribution in [2.24, 2.45) is 5.92 Å². The molecule has 4 nitrogen and oxygen atoms in total. The molecule has 0 amide bonds. The summed E-state index contributed by atoms with van der Waals surface area (Å²) in [5, 5.41) is 0.541. The van der Waals surface area contributed by atoms with Gasteiger partial charge < -0.3 is 14.7 Å². The Morgan fingerprint density at radius 1 is 1.25 bits per heavy atom. The molecule has 0 unspecified atom stereocenters. The number of aromatic nitrogens is 1. The van der Waals surface area contributed by atoms with Gasteiger partial charge in [-0.1, -0.05) is 18.2 Å². The van der Waals surface area contributed by atoms with Crippen molar-refractivity contribution in [2.45, 2.75) is 25.7 Å². The summed E-state index contributed by atoms with van der Waals surface area (Å²) in [5.74, 6) is 1.84. The van der Waals surface area contributed by atoms with E-state index in [1.54, 1.807) is 0 Å². The summed E-state index contributed by atoms with van der Waals surface area (Å²) in [4.78, 5) is 11.2. The molecule has 0 N–H and O–H groups in total. The van der Waals surface area contributed by atoms with Crippen LogP contribution >= 0.6 is 11.6 Å². The lowest BCUT2D eigenvalue weighted by molar-refractivity contribution is 0.331. The van der Waals surface area contributed by atoms with E-state index in [9.17, 15) is 0 Å². The molecule has 24 heavy (non-hydrogen) atoms. The lowest BCUT2D eigenvalue weighted by Crippen LogP contribution is -2.34. The average molecular weight is 351 g/mol. The molecule has 1 saturated heterocycles. The fourth-order valence-electron chi connectivity index (χ4n) is 3.20. The fraction of sp³-hybridized carbons (Fsp3) is 0.632. The summed E-state index contributed by atoms with van der Waals surface area (Å²) in [5.41, 5.74) is 1.79. The van der Waals surface area contributed by atoms with Gasteiger partial charge in [0, 0.05) is 38.4 Å². The van der Waals surface area contributed by atoms with Crippen molar-refractivity contribution < 1.29 is 0 Å². The van der Waals surface area contributed by atoms with Gasteiger partial charge in [0.1, 0.15) is 11.0 Å². The number of halogens is 1. The van der Waals surface area contributed by atoms with Gasteiger partial charge in [0.05, 0.1) is 0 Å². The average Bonchev–Trinajstić information content (AvgIpc) is 2.54. The van der Waals surface area contributed by atoms with Crippen LogP contribution in [0, 0.1) is 5.92 Å². The van der Waals surface area contributed by atoms with Crippen LogP contribution in [0.3, 0.4) is 0 Å². The number of nitrogens with zero attached hydrogens (tertiary/aromatic N) is 4. The lowest BCUT2D eigenvalue weighted by atomic mass is 9.92. The maximum atomic E-state index is 6.38. The van der Waals surface area contributed by atoms with Crippen LogP contribution in [-0.2, 0) is 0 Å². The van der Waals surface area contributed by atoms with Gasteiger partial charge in [-0.05, 0) is 64.4 Å². The third-order valence-corrected chi connectivity index (χ3v) is 5.13. The normalized spacial score (nSPS) is 15.8. The van der Waals surface area contributed by atoms with Gasteiger partial charge in [-0.25, -0.2) is 4.98 Å². The molecular formula is C19H31ClN4. The van der Waals surface area contributed by atoms with Crippen LogP contribution in [0.25, 0.3) is 5.70 Å². The van der Waals surface area contributed by atoms with Crippen molar-refractivity contribution in [3.8, 4) is 0 Å². The van der Waals surface area contributed by atoms with Gasteiger partial charge in [0.25, 0.3) is 0 Å². The highest BCUT2D eigenvalue weighted by atomic mass is 35.5. The molecule has 0 radical (unpaired) electrons. The molecule has 2 rings (SSSR count). The Bertz CT molecular complexity index is 548. The van der Waals surface area contributed by atoms with E-state index in [-0.39, 0.29) is 0 Å². The molecule has 0 aliphatic carbocycles. The number of pyridine rings is 1. The second kappa shape index (κ2) is 8.72. The predicted octanol–water partition coefficient (Wildman–Crippen LogP) is 3.83. The minimum absolute atomic E-state index is 0.541. The van der Waals surface area contributed by atoms with Crippen LogP contribution in [0.15, 0.2) is 18.7 Å². The monoisotopic (exact) mass is 350 g/mol. The molecule has 1 aliphatic rings. The highest BCUT2D eigenvalue weighted by Gasteiger charge is 2.21. The molecule has 0 saturated carbocycles. The Morgan fingerprint density at radius 3 is 2.46 bits per heavy atom. The second-order valence-corrected chi connectivity index (χ2v) is 7.58. The molecule has 0 spiro atoms. The number of anilines is 1. The van der Waals surface area contributed by atoms with Gasteiger partial charge in [-0.3, -0.25) is 0 Å². The molecule has 2 heterocycles. The van der Waals surface area contributed by atoms with Gasteiger partial charge in [-0.15, -0.1) is 0 Å². The van der Waals surface area contributed by atoms with Crippen LogP contribution in [0.4, 0.5) is 5.82 Å². The van der Waals surface area contributed by atoms with Crippen molar-refractivity contribution in [1.29, 1.82) is 0 Å². The predicted molar refractivity (Wildman–Crippen MR) is 105 cm³/mol. The summed E-state index contributed by atoms with van der Waals surface area (Å²) < 4.78 is 0. The van der Waals surface area contributed by atoms with E-state index in [0.29, 0.717) is 5.15 Å². The largest absolute Gasteiger partial charge is 0.378 e. The zero-order valence-corrected chi connectivity index (χ0v) is 16.3. The number of hydrogen-bond acceptors (Lipinski definition) is 4. The fourth-order valence-corrected chi connectivity index (χ4v) is 3.46. The Balaban J connectivity index is 1.90. The maximum Gasteiger partial charge on any atom is 0.140 e. The summed E-state index contributed by atoms with van der Waals surface area (Å²) in [6.07, 6.45) is 5.13. The zero-order valence-electron chi connectivity index (χ0n) is 15.6. The van der Waals surface area contributed by atoms with Gasteiger partial charge in [0.2, 0.25) is 0 Å². The number of hydrogen-bond donors (Lipinski definition) is 0. The van der Waals surface area contributed by atoms with Crippen molar-refractivity contribution in [2.75, 3.05) is 52.7 Å². The van der Waals surface area contributed by atoms with Gasteiger partial charge in [0.15, 0.2) is 0 Å². The van der Waals surface area contributed by atoms with Crippen molar-refractivity contribution in [1.82, 2.24) is 14.8 Å². The van der Waals surface area contributed by atoms with E-state index in [1.807, 2.05) is 25.1 Å². The minimum Gasteiger partial charge on any atom is -0.378 e. The molecule has 1 aromatic rings. The first-order valence-corrected chi connectivity index (χ1v) is 9.19. The number of rotatable bonds is 7. The third kappa shape index (κ3) is 5.12. The highest BCUT2D eigenvalue weighted by molar-refractivity contribution is 6.31. The summed E-state index contributed by atoms with van der Waals surface area (Å²) in [6.45, 7) is 7.40. The van der Waals surface area contributed by atoms with E-state index < -0.39 is 0 Å². The summed E-state index contributed by atoms with van der Waals surface area (Å²) in [6, 6.07) is 4.11. The van der Waals surface area contributed by atoms with Crippen molar-refractivity contribution in [3.63, 3.8) is 0 Å². The quantitative estimate of drug-likeness (QED) is 0.697. The topological polar surface area (TPSA) is 22.6 Å². The first kappa shape index (κ1) is 19.1. The second-order valence-electron chi connectivity index (χ2n) is 7.22. The Labute approximate surface area is 152 Å². The van der Waals surface area contributed by atoms with Gasteiger partial charge in [-0.2, -0.15) is 0 Å². The molecule has 0 bridgehead atoms. The molecule has 5 heteroatoms. The van der Waals surface area contributed by atoms with E-state index in [2.05, 4.69) is 41.5 Å². The Morgan fingerprint density at radius 2 is 1.92 bits per heavy atom. The van der Waals surface area contributed by atoms with E-state index >= 15 is 0 Å². The van der Waals surface area contributed by atoms with Crippen molar-refractivity contribution >= 4 is 23.1 Å². The zero-order chi connectivity index (χ0) is 17.7. The summed E-state index contributed by atoms with van der Waals surface area (Å²) in [7, 11) is 8.22. The lowest BCUT2D eigenvalue weighted by Gasteiger charge is -2.33. The van der Waals surface area contributed by atoms with Crippen LogP contribution < -0.4 is 4.90 Å². The number of piperidine rings is 1.